The van der Waals surface area contributed by atoms with Crippen LogP contribution in [0.3, 0.4) is 0 Å². The van der Waals surface area contributed by atoms with Crippen molar-refractivity contribution < 1.29 is 19.1 Å². The molecule has 0 aliphatic rings. The Bertz CT molecular complexity index is 837. The lowest BCUT2D eigenvalue weighted by atomic mass is 10.1. The van der Waals surface area contributed by atoms with Gasteiger partial charge in [0.2, 0.25) is 0 Å². The number of aryl methyl sites for hydroxylation is 1. The number of benzene rings is 1. The van der Waals surface area contributed by atoms with Crippen LogP contribution in [0.25, 0.3) is 0 Å². The van der Waals surface area contributed by atoms with Crippen LogP contribution >= 0.6 is 0 Å². The molecule has 1 aromatic heterocycles. The molecule has 2 amide bonds. The Labute approximate surface area is 146 Å². The van der Waals surface area contributed by atoms with Crippen molar-refractivity contribution in [1.29, 1.82) is 0 Å². The second-order valence-corrected chi connectivity index (χ2v) is 5.85. The van der Waals surface area contributed by atoms with Crippen molar-refractivity contribution >= 4 is 23.5 Å². The van der Waals surface area contributed by atoms with E-state index in [-0.39, 0.29) is 11.6 Å². The number of esters is 1. The molecule has 0 fully saturated rings. The Morgan fingerprint density at radius 3 is 2.44 bits per heavy atom. The molecule has 132 valence electrons. The number of hydrogen-bond donors (Lipinski definition) is 2. The maximum atomic E-state index is 12.5. The number of methoxy groups -OCH3 is 1. The highest BCUT2D eigenvalue weighted by molar-refractivity contribution is 6.07. The number of H-pyrrole nitrogens is 1. The molecular weight excluding hydrogens is 322 g/mol. The average Bonchev–Trinajstić information content (AvgIpc) is 2.88. The summed E-state index contributed by atoms with van der Waals surface area (Å²) in [6.07, 6.45) is 0. The standard InChI is InChI=1S/C18H21N3O4/c1-10-14(18(24)25-5)11(2)19-15(10)16(22)20-13-8-6-7-12(9-13)17(23)21(3)4/h6-9,19H,1-5H3,(H,20,22). The van der Waals surface area contributed by atoms with Crippen LogP contribution in [-0.4, -0.2) is 48.9 Å². The smallest absolute Gasteiger partial charge is 0.339 e. The molecule has 7 heteroatoms. The summed E-state index contributed by atoms with van der Waals surface area (Å²) in [5.74, 6) is -1.05. The first-order valence-electron chi connectivity index (χ1n) is 7.66. The van der Waals surface area contributed by atoms with Gasteiger partial charge in [-0.2, -0.15) is 0 Å². The predicted octanol–water partition coefficient (Wildman–Crippen LogP) is 2.37. The Morgan fingerprint density at radius 2 is 1.84 bits per heavy atom. The van der Waals surface area contributed by atoms with Gasteiger partial charge in [0.05, 0.1) is 12.7 Å². The molecule has 1 heterocycles. The van der Waals surface area contributed by atoms with E-state index in [9.17, 15) is 14.4 Å². The topological polar surface area (TPSA) is 91.5 Å². The molecule has 0 saturated heterocycles. The van der Waals surface area contributed by atoms with E-state index in [0.29, 0.717) is 28.1 Å². The SMILES string of the molecule is COC(=O)c1c(C)[nH]c(C(=O)Nc2cccc(C(=O)N(C)C)c2)c1C. The molecular formula is C18H21N3O4. The number of carbonyl (C=O) groups is 3. The van der Waals surface area contributed by atoms with Crippen molar-refractivity contribution in [2.24, 2.45) is 0 Å². The summed E-state index contributed by atoms with van der Waals surface area (Å²) >= 11 is 0. The number of hydrogen-bond acceptors (Lipinski definition) is 4. The van der Waals surface area contributed by atoms with Crippen molar-refractivity contribution in [3.05, 3.63) is 52.3 Å². The number of rotatable bonds is 4. The lowest BCUT2D eigenvalue weighted by molar-refractivity contribution is 0.0599. The molecule has 0 aliphatic carbocycles. The van der Waals surface area contributed by atoms with Gasteiger partial charge < -0.3 is 19.9 Å². The van der Waals surface area contributed by atoms with Crippen LogP contribution in [0.2, 0.25) is 0 Å². The van der Waals surface area contributed by atoms with E-state index in [1.807, 2.05) is 0 Å². The van der Waals surface area contributed by atoms with Gasteiger partial charge in [-0.3, -0.25) is 9.59 Å². The van der Waals surface area contributed by atoms with Gasteiger partial charge in [-0.25, -0.2) is 4.79 Å². The summed E-state index contributed by atoms with van der Waals surface area (Å²) < 4.78 is 4.74. The third kappa shape index (κ3) is 3.71. The van der Waals surface area contributed by atoms with Gasteiger partial charge >= 0.3 is 5.97 Å². The van der Waals surface area contributed by atoms with Crippen LogP contribution in [0.4, 0.5) is 5.69 Å². The summed E-state index contributed by atoms with van der Waals surface area (Å²) in [4.78, 5) is 40.7. The zero-order chi connectivity index (χ0) is 18.7. The molecule has 7 nitrogen and oxygen atoms in total. The Kier molecular flexibility index (Phi) is 5.26. The van der Waals surface area contributed by atoms with E-state index in [1.165, 1.54) is 12.0 Å². The number of carbonyl (C=O) groups excluding carboxylic acids is 3. The number of nitrogens with one attached hydrogen (secondary N) is 2. The fourth-order valence-corrected chi connectivity index (χ4v) is 2.57. The largest absolute Gasteiger partial charge is 0.465 e. The maximum absolute atomic E-state index is 12.5. The van der Waals surface area contributed by atoms with Crippen LogP contribution in [-0.2, 0) is 4.74 Å². The summed E-state index contributed by atoms with van der Waals surface area (Å²) in [5, 5.41) is 2.74. The number of aromatic amines is 1. The van der Waals surface area contributed by atoms with Gasteiger partial charge in [0.15, 0.2) is 0 Å². The van der Waals surface area contributed by atoms with Gasteiger partial charge in [0.1, 0.15) is 5.69 Å². The number of anilines is 1. The molecule has 0 radical (unpaired) electrons. The zero-order valence-electron chi connectivity index (χ0n) is 14.9. The first kappa shape index (κ1) is 18.3. The van der Waals surface area contributed by atoms with Crippen molar-refractivity contribution in [2.45, 2.75) is 13.8 Å². The van der Waals surface area contributed by atoms with Crippen LogP contribution in [0.15, 0.2) is 24.3 Å². The molecule has 0 spiro atoms. The minimum atomic E-state index is -0.496. The van der Waals surface area contributed by atoms with Crippen LogP contribution in [0, 0.1) is 13.8 Å². The van der Waals surface area contributed by atoms with Crippen LogP contribution < -0.4 is 5.32 Å². The minimum Gasteiger partial charge on any atom is -0.465 e. The van der Waals surface area contributed by atoms with Gasteiger partial charge in [0.25, 0.3) is 11.8 Å². The highest BCUT2D eigenvalue weighted by atomic mass is 16.5. The predicted molar refractivity (Wildman–Crippen MR) is 94.0 cm³/mol. The Hall–Kier alpha value is -3.09. The van der Waals surface area contributed by atoms with Crippen molar-refractivity contribution in [3.8, 4) is 0 Å². The Balaban J connectivity index is 2.28. The third-order valence-corrected chi connectivity index (χ3v) is 3.83. The minimum absolute atomic E-state index is 0.157. The fraction of sp³-hybridized carbons (Fsp3) is 0.278. The van der Waals surface area contributed by atoms with Gasteiger partial charge in [0, 0.05) is 31.0 Å². The molecule has 1 aromatic carbocycles. The lowest BCUT2D eigenvalue weighted by Crippen LogP contribution is -2.22. The molecule has 0 atom stereocenters. The second-order valence-electron chi connectivity index (χ2n) is 5.85. The average molecular weight is 343 g/mol. The van der Waals surface area contributed by atoms with E-state index in [4.69, 9.17) is 4.74 Å². The van der Waals surface area contributed by atoms with Crippen molar-refractivity contribution in [2.75, 3.05) is 26.5 Å². The second kappa shape index (κ2) is 7.21. The van der Waals surface area contributed by atoms with Crippen LogP contribution in [0.1, 0.15) is 42.5 Å². The van der Waals surface area contributed by atoms with E-state index in [1.54, 1.807) is 52.2 Å². The number of aromatic nitrogens is 1. The quantitative estimate of drug-likeness (QED) is 0.834. The van der Waals surface area contributed by atoms with E-state index in [0.717, 1.165) is 0 Å². The monoisotopic (exact) mass is 343 g/mol. The highest BCUT2D eigenvalue weighted by Gasteiger charge is 2.22. The third-order valence-electron chi connectivity index (χ3n) is 3.83. The zero-order valence-corrected chi connectivity index (χ0v) is 14.9. The number of ether oxygens (including phenoxy) is 1. The van der Waals surface area contributed by atoms with Gasteiger partial charge in [-0.05, 0) is 37.6 Å². The van der Waals surface area contributed by atoms with E-state index >= 15 is 0 Å². The molecule has 0 aliphatic heterocycles. The Morgan fingerprint density at radius 1 is 1.16 bits per heavy atom. The molecule has 2 aromatic rings. The molecule has 0 unspecified atom stereocenters. The van der Waals surface area contributed by atoms with Gasteiger partial charge in [-0.1, -0.05) is 6.07 Å². The van der Waals surface area contributed by atoms with E-state index in [2.05, 4.69) is 10.3 Å². The lowest BCUT2D eigenvalue weighted by Gasteiger charge is -2.11. The number of amides is 2. The number of nitrogens with zero attached hydrogens (tertiary/aromatic N) is 1. The van der Waals surface area contributed by atoms with Crippen LogP contribution in [0.5, 0.6) is 0 Å². The first-order chi connectivity index (χ1) is 11.8. The first-order valence-corrected chi connectivity index (χ1v) is 7.66. The van der Waals surface area contributed by atoms with Gasteiger partial charge in [-0.15, -0.1) is 0 Å². The molecule has 0 saturated carbocycles. The maximum Gasteiger partial charge on any atom is 0.339 e. The van der Waals surface area contributed by atoms with Crippen molar-refractivity contribution in [3.63, 3.8) is 0 Å². The molecule has 25 heavy (non-hydrogen) atoms. The molecule has 0 bridgehead atoms. The van der Waals surface area contributed by atoms with E-state index < -0.39 is 11.9 Å². The fourth-order valence-electron chi connectivity index (χ4n) is 2.57. The molecule has 2 N–H and O–H groups in total. The van der Waals surface area contributed by atoms with Crippen molar-refractivity contribution in [1.82, 2.24) is 9.88 Å². The summed E-state index contributed by atoms with van der Waals surface area (Å²) in [5.41, 5.74) is 2.67. The highest BCUT2D eigenvalue weighted by Crippen LogP contribution is 2.20. The summed E-state index contributed by atoms with van der Waals surface area (Å²) in [7, 11) is 4.61. The summed E-state index contributed by atoms with van der Waals surface area (Å²) in [6.45, 7) is 3.38. The normalized spacial score (nSPS) is 10.3. The summed E-state index contributed by atoms with van der Waals surface area (Å²) in [6, 6.07) is 6.67. The molecule has 2 rings (SSSR count).